The maximum absolute atomic E-state index is 12.8. The predicted octanol–water partition coefficient (Wildman–Crippen LogP) is -4.75. The fourth-order valence-corrected chi connectivity index (χ4v) is 2.89. The number of carboxylic acid groups (broad SMARTS) is 1. The van der Waals surface area contributed by atoms with Gasteiger partial charge in [0, 0.05) is 24.9 Å². The van der Waals surface area contributed by atoms with Crippen LogP contribution in [0.15, 0.2) is 17.5 Å². The Morgan fingerprint density at radius 1 is 1.11 bits per heavy atom. The van der Waals surface area contributed by atoms with E-state index < -0.39 is 60.6 Å². The van der Waals surface area contributed by atoms with Crippen LogP contribution in [0.1, 0.15) is 25.5 Å². The summed E-state index contributed by atoms with van der Waals surface area (Å²) in [6.45, 7) is 0.429. The average molecular weight is 500 g/mol. The number of aliphatic hydroxyl groups excluding tert-OH is 2. The fraction of sp³-hybridized carbons (Fsp3) is 0.579. The summed E-state index contributed by atoms with van der Waals surface area (Å²) in [5.74, 6) is -4.20. The smallest absolute Gasteiger partial charge is 0.328 e. The first kappa shape index (κ1) is 29.3. The van der Waals surface area contributed by atoms with Crippen molar-refractivity contribution in [3.8, 4) is 0 Å². The number of imidazole rings is 1. The van der Waals surface area contributed by atoms with Crippen molar-refractivity contribution in [2.75, 3.05) is 13.2 Å². The van der Waals surface area contributed by atoms with E-state index in [1.807, 2.05) is 5.32 Å². The molecule has 0 aliphatic rings. The number of guanidine groups is 1. The van der Waals surface area contributed by atoms with E-state index in [4.69, 9.17) is 22.3 Å². The molecule has 0 saturated heterocycles. The molecule has 0 fully saturated rings. The fourth-order valence-electron chi connectivity index (χ4n) is 2.89. The number of amides is 3. The molecule has 0 bridgehead atoms. The Morgan fingerprint density at radius 2 is 1.74 bits per heavy atom. The van der Waals surface area contributed by atoms with E-state index in [2.05, 4.69) is 25.6 Å². The number of aliphatic hydroxyl groups is 2. The van der Waals surface area contributed by atoms with Gasteiger partial charge in [0.05, 0.1) is 25.1 Å². The number of hydrogen-bond donors (Lipinski definition) is 10. The molecule has 0 aromatic carbocycles. The van der Waals surface area contributed by atoms with E-state index >= 15 is 0 Å². The van der Waals surface area contributed by atoms with Gasteiger partial charge in [0.1, 0.15) is 12.1 Å². The maximum Gasteiger partial charge on any atom is 0.328 e. The predicted molar refractivity (Wildman–Crippen MR) is 122 cm³/mol. The number of carboxylic acids is 1. The van der Waals surface area contributed by atoms with Crippen LogP contribution in [0.3, 0.4) is 0 Å². The molecule has 0 saturated carbocycles. The number of rotatable bonds is 15. The Hall–Kier alpha value is -3.76. The first-order chi connectivity index (χ1) is 16.5. The van der Waals surface area contributed by atoms with Crippen LogP contribution in [0, 0.1) is 0 Å². The largest absolute Gasteiger partial charge is 0.480 e. The molecule has 3 amide bonds. The van der Waals surface area contributed by atoms with Crippen molar-refractivity contribution in [2.45, 2.75) is 56.5 Å². The zero-order valence-electron chi connectivity index (χ0n) is 19.2. The third kappa shape index (κ3) is 10.4. The van der Waals surface area contributed by atoms with Gasteiger partial charge in [0.25, 0.3) is 0 Å². The standard InChI is InChI=1S/C19H33N9O7/c1-9(30)14(18(34)35)28-17(33)13(7-29)27-16(32)12(3-2-4-24-19(21)22)26-15(31)11(20)5-10-6-23-8-25-10/h6,8-9,11-14,29-30H,2-5,7,20H2,1H3,(H,23,25)(H,26,31)(H,27,32)(H,28,33)(H,34,35)(H4,21,22,24). The summed E-state index contributed by atoms with van der Waals surface area (Å²) in [7, 11) is 0. The van der Waals surface area contributed by atoms with Gasteiger partial charge in [-0.1, -0.05) is 0 Å². The number of aromatic nitrogens is 2. The van der Waals surface area contributed by atoms with E-state index in [0.717, 1.165) is 6.92 Å². The number of nitrogens with two attached hydrogens (primary N) is 3. The van der Waals surface area contributed by atoms with Crippen molar-refractivity contribution < 1.29 is 34.5 Å². The minimum absolute atomic E-state index is 0.0519. The van der Waals surface area contributed by atoms with Gasteiger partial charge >= 0.3 is 5.97 Å². The van der Waals surface area contributed by atoms with Gasteiger partial charge in [0.15, 0.2) is 12.0 Å². The first-order valence-corrected chi connectivity index (χ1v) is 10.7. The van der Waals surface area contributed by atoms with Crippen LogP contribution in [0.4, 0.5) is 0 Å². The highest BCUT2D eigenvalue weighted by Gasteiger charge is 2.31. The van der Waals surface area contributed by atoms with E-state index in [-0.39, 0.29) is 31.8 Å². The molecule has 13 N–H and O–H groups in total. The highest BCUT2D eigenvalue weighted by Crippen LogP contribution is 2.03. The Balaban J connectivity index is 2.89. The minimum Gasteiger partial charge on any atom is -0.480 e. The molecule has 1 aromatic rings. The number of aliphatic carboxylic acids is 1. The van der Waals surface area contributed by atoms with Crippen LogP contribution >= 0.6 is 0 Å². The lowest BCUT2D eigenvalue weighted by atomic mass is 10.1. The van der Waals surface area contributed by atoms with Gasteiger partial charge in [-0.15, -0.1) is 0 Å². The van der Waals surface area contributed by atoms with Gasteiger partial charge in [-0.05, 0) is 19.8 Å². The van der Waals surface area contributed by atoms with Gasteiger partial charge in [-0.2, -0.15) is 0 Å². The van der Waals surface area contributed by atoms with E-state index in [1.54, 1.807) is 0 Å². The molecule has 0 radical (unpaired) electrons. The number of nitrogens with zero attached hydrogens (tertiary/aromatic N) is 2. The summed E-state index contributed by atoms with van der Waals surface area (Å²) in [6.07, 6.45) is 1.92. The Morgan fingerprint density at radius 3 is 2.26 bits per heavy atom. The van der Waals surface area contributed by atoms with E-state index in [9.17, 15) is 29.4 Å². The van der Waals surface area contributed by atoms with Gasteiger partial charge in [0.2, 0.25) is 17.7 Å². The lowest BCUT2D eigenvalue weighted by molar-refractivity contribution is -0.145. The molecule has 5 unspecified atom stereocenters. The second kappa shape index (κ2) is 14.5. The highest BCUT2D eigenvalue weighted by atomic mass is 16.4. The molecule has 0 spiro atoms. The normalized spacial score (nSPS) is 15.1. The number of nitrogens with one attached hydrogen (secondary N) is 4. The summed E-state index contributed by atoms with van der Waals surface area (Å²) in [5, 5.41) is 35.0. The molecule has 1 heterocycles. The highest BCUT2D eigenvalue weighted by molar-refractivity contribution is 5.94. The lowest BCUT2D eigenvalue weighted by Gasteiger charge is -2.24. The van der Waals surface area contributed by atoms with Crippen molar-refractivity contribution in [2.24, 2.45) is 22.2 Å². The Bertz CT molecular complexity index is 872. The number of aromatic amines is 1. The monoisotopic (exact) mass is 499 g/mol. The van der Waals surface area contributed by atoms with Crippen LogP contribution in [0.2, 0.25) is 0 Å². The molecule has 16 heteroatoms. The zero-order valence-corrected chi connectivity index (χ0v) is 19.2. The van der Waals surface area contributed by atoms with E-state index in [1.165, 1.54) is 12.5 Å². The third-order valence-corrected chi connectivity index (χ3v) is 4.77. The number of hydrogen-bond acceptors (Lipinski definition) is 9. The average Bonchev–Trinajstić information content (AvgIpc) is 3.29. The molecule has 5 atom stereocenters. The number of carbonyl (C=O) groups excluding carboxylic acids is 3. The number of H-pyrrole nitrogens is 1. The SMILES string of the molecule is CC(O)C(NC(=O)C(CO)NC(=O)C(CCCN=C(N)N)NC(=O)C(N)Cc1cnc[nH]1)C(=O)O. The second-order valence-corrected chi connectivity index (χ2v) is 7.71. The summed E-state index contributed by atoms with van der Waals surface area (Å²) in [6, 6.07) is -5.43. The topological polar surface area (TPSA) is 284 Å². The molecule has 1 aromatic heterocycles. The molecule has 0 aliphatic carbocycles. The van der Waals surface area contributed by atoms with Gasteiger partial charge < -0.3 is 53.5 Å². The van der Waals surface area contributed by atoms with Crippen LogP contribution in [0.5, 0.6) is 0 Å². The molecular weight excluding hydrogens is 466 g/mol. The van der Waals surface area contributed by atoms with Crippen molar-refractivity contribution in [3.63, 3.8) is 0 Å². The first-order valence-electron chi connectivity index (χ1n) is 10.7. The van der Waals surface area contributed by atoms with Crippen molar-refractivity contribution >= 4 is 29.7 Å². The molecule has 35 heavy (non-hydrogen) atoms. The number of aliphatic imine (C=N–C) groups is 1. The van der Waals surface area contributed by atoms with Gasteiger partial charge in [-0.25, -0.2) is 9.78 Å². The zero-order chi connectivity index (χ0) is 26.5. The molecule has 16 nitrogen and oxygen atoms in total. The summed E-state index contributed by atoms with van der Waals surface area (Å²) < 4.78 is 0. The Kier molecular flexibility index (Phi) is 12.1. The Labute approximate surface area is 200 Å². The summed E-state index contributed by atoms with van der Waals surface area (Å²) in [4.78, 5) is 59.4. The van der Waals surface area contributed by atoms with Crippen LogP contribution in [-0.2, 0) is 25.6 Å². The maximum atomic E-state index is 12.8. The number of carbonyl (C=O) groups is 4. The lowest BCUT2D eigenvalue weighted by Crippen LogP contribution is -2.59. The quantitative estimate of drug-likeness (QED) is 0.0620. The van der Waals surface area contributed by atoms with Gasteiger partial charge in [-0.3, -0.25) is 19.4 Å². The van der Waals surface area contributed by atoms with Crippen molar-refractivity contribution in [3.05, 3.63) is 18.2 Å². The van der Waals surface area contributed by atoms with Crippen molar-refractivity contribution in [1.29, 1.82) is 0 Å². The minimum atomic E-state index is -1.66. The summed E-state index contributed by atoms with van der Waals surface area (Å²) in [5.41, 5.74) is 17.1. The molecular formula is C19H33N9O7. The molecule has 0 aliphatic heterocycles. The van der Waals surface area contributed by atoms with Crippen molar-refractivity contribution in [1.82, 2.24) is 25.9 Å². The molecule has 1 rings (SSSR count). The van der Waals surface area contributed by atoms with E-state index in [0.29, 0.717) is 5.69 Å². The van der Waals surface area contributed by atoms with Crippen LogP contribution in [0.25, 0.3) is 0 Å². The second-order valence-electron chi connectivity index (χ2n) is 7.71. The van der Waals surface area contributed by atoms with Crippen LogP contribution < -0.4 is 33.2 Å². The third-order valence-electron chi connectivity index (χ3n) is 4.77. The van der Waals surface area contributed by atoms with Crippen LogP contribution in [-0.4, -0.2) is 98.4 Å². The molecule has 196 valence electrons. The summed E-state index contributed by atoms with van der Waals surface area (Å²) >= 11 is 0.